The summed E-state index contributed by atoms with van der Waals surface area (Å²) in [6, 6.07) is 8.99. The van der Waals surface area contributed by atoms with E-state index in [1.807, 2.05) is 25.1 Å². The Labute approximate surface area is 127 Å². The van der Waals surface area contributed by atoms with Crippen LogP contribution in [0.1, 0.15) is 17.5 Å². The third-order valence-electron chi connectivity index (χ3n) is 3.30. The molecule has 2 rings (SSSR count). The van der Waals surface area contributed by atoms with Gasteiger partial charge in [0.2, 0.25) is 5.91 Å². The highest BCUT2D eigenvalue weighted by Gasteiger charge is 2.07. The molecule has 0 saturated heterocycles. The molecule has 1 N–H and O–H groups in total. The van der Waals surface area contributed by atoms with Crippen LogP contribution in [0.25, 0.3) is 0 Å². The molecule has 22 heavy (non-hydrogen) atoms. The van der Waals surface area contributed by atoms with E-state index in [4.69, 9.17) is 4.74 Å². The van der Waals surface area contributed by atoms with Gasteiger partial charge in [0.25, 0.3) is 0 Å². The second-order valence-corrected chi connectivity index (χ2v) is 4.98. The van der Waals surface area contributed by atoms with Gasteiger partial charge < -0.3 is 10.1 Å². The van der Waals surface area contributed by atoms with Crippen molar-refractivity contribution in [3.8, 4) is 5.75 Å². The summed E-state index contributed by atoms with van der Waals surface area (Å²) >= 11 is 0. The van der Waals surface area contributed by atoms with Crippen LogP contribution in [0.3, 0.4) is 0 Å². The molecule has 0 radical (unpaired) electrons. The Kier molecular flexibility index (Phi) is 5.09. The van der Waals surface area contributed by atoms with E-state index in [1.54, 1.807) is 7.11 Å². The summed E-state index contributed by atoms with van der Waals surface area (Å²) in [6.07, 6.45) is 0.811. The van der Waals surface area contributed by atoms with E-state index in [2.05, 4.69) is 5.32 Å². The molecule has 0 heterocycles. The quantitative estimate of drug-likeness (QED) is 0.911. The Hall–Kier alpha value is -2.43. The fourth-order valence-corrected chi connectivity index (χ4v) is 2.15. The van der Waals surface area contributed by atoms with Crippen LogP contribution in [-0.4, -0.2) is 13.0 Å². The molecule has 5 heteroatoms. The van der Waals surface area contributed by atoms with Gasteiger partial charge in [-0.25, -0.2) is 8.78 Å². The van der Waals surface area contributed by atoms with Gasteiger partial charge in [-0.2, -0.15) is 0 Å². The largest absolute Gasteiger partial charge is 0.496 e. The molecule has 0 aliphatic carbocycles. The minimum atomic E-state index is -0.983. The van der Waals surface area contributed by atoms with E-state index in [0.717, 1.165) is 29.0 Å². The lowest BCUT2D eigenvalue weighted by atomic mass is 10.1. The van der Waals surface area contributed by atoms with E-state index >= 15 is 0 Å². The van der Waals surface area contributed by atoms with Crippen LogP contribution in [-0.2, 0) is 11.2 Å². The van der Waals surface area contributed by atoms with Crippen LogP contribution < -0.4 is 10.1 Å². The molecule has 3 nitrogen and oxygen atoms in total. The van der Waals surface area contributed by atoms with Crippen LogP contribution in [0.4, 0.5) is 14.5 Å². The van der Waals surface area contributed by atoms with Crippen molar-refractivity contribution in [3.05, 3.63) is 59.2 Å². The zero-order valence-corrected chi connectivity index (χ0v) is 12.5. The van der Waals surface area contributed by atoms with Crippen molar-refractivity contribution >= 4 is 11.6 Å². The second kappa shape index (κ2) is 7.02. The smallest absolute Gasteiger partial charge is 0.224 e. The maximum Gasteiger partial charge on any atom is 0.224 e. The Balaban J connectivity index is 1.92. The van der Waals surface area contributed by atoms with Gasteiger partial charge >= 0.3 is 0 Å². The summed E-state index contributed by atoms with van der Waals surface area (Å²) in [5.41, 5.74) is 2.26. The molecule has 0 saturated carbocycles. The summed E-state index contributed by atoms with van der Waals surface area (Å²) in [5.74, 6) is -1.37. The number of hydrogen-bond donors (Lipinski definition) is 1. The van der Waals surface area contributed by atoms with Crippen molar-refractivity contribution in [2.24, 2.45) is 0 Å². The number of nitrogens with one attached hydrogen (secondary N) is 1. The number of halogens is 2. The lowest BCUT2D eigenvalue weighted by Crippen LogP contribution is -2.12. The third-order valence-corrected chi connectivity index (χ3v) is 3.30. The van der Waals surface area contributed by atoms with Gasteiger partial charge in [-0.1, -0.05) is 12.1 Å². The topological polar surface area (TPSA) is 38.3 Å². The van der Waals surface area contributed by atoms with Crippen LogP contribution >= 0.6 is 0 Å². The Morgan fingerprint density at radius 3 is 2.55 bits per heavy atom. The molecule has 0 spiro atoms. The zero-order chi connectivity index (χ0) is 16.1. The number of methoxy groups -OCH3 is 1. The van der Waals surface area contributed by atoms with E-state index in [9.17, 15) is 13.6 Å². The molecule has 0 aliphatic heterocycles. The van der Waals surface area contributed by atoms with Crippen LogP contribution in [0, 0.1) is 18.6 Å². The number of amides is 1. The van der Waals surface area contributed by atoms with Crippen molar-refractivity contribution in [2.45, 2.75) is 19.8 Å². The van der Waals surface area contributed by atoms with Crippen molar-refractivity contribution < 1.29 is 18.3 Å². The standard InChI is InChI=1S/C17H17F2NO2/c1-11-9-12(3-7-16(11)22-2)4-8-17(21)20-13-5-6-14(18)15(19)10-13/h3,5-7,9-10H,4,8H2,1-2H3,(H,20,21). The lowest BCUT2D eigenvalue weighted by molar-refractivity contribution is -0.116. The number of carbonyl (C=O) groups excluding carboxylic acids is 1. The molecule has 116 valence electrons. The SMILES string of the molecule is COc1ccc(CCC(=O)Nc2ccc(F)c(F)c2)cc1C. The third kappa shape index (κ3) is 4.04. The second-order valence-electron chi connectivity index (χ2n) is 4.98. The average molecular weight is 305 g/mol. The number of aryl methyl sites for hydroxylation is 2. The fourth-order valence-electron chi connectivity index (χ4n) is 2.15. The number of hydrogen-bond acceptors (Lipinski definition) is 2. The van der Waals surface area contributed by atoms with Crippen LogP contribution in [0.5, 0.6) is 5.75 Å². The van der Waals surface area contributed by atoms with Crippen LogP contribution in [0.15, 0.2) is 36.4 Å². The number of carbonyl (C=O) groups is 1. The maximum atomic E-state index is 13.1. The minimum absolute atomic E-state index is 0.245. The predicted octanol–water partition coefficient (Wildman–Crippen LogP) is 3.85. The summed E-state index contributed by atoms with van der Waals surface area (Å²) < 4.78 is 31.0. The van der Waals surface area contributed by atoms with Gasteiger partial charge in [-0.05, 0) is 42.7 Å². The number of anilines is 1. The lowest BCUT2D eigenvalue weighted by Gasteiger charge is -2.08. The zero-order valence-electron chi connectivity index (χ0n) is 12.5. The van der Waals surface area contributed by atoms with Crippen molar-refractivity contribution in [1.82, 2.24) is 0 Å². The molecule has 0 unspecified atom stereocenters. The number of benzene rings is 2. The molecular weight excluding hydrogens is 288 g/mol. The normalized spacial score (nSPS) is 10.4. The van der Waals surface area contributed by atoms with Gasteiger partial charge in [-0.15, -0.1) is 0 Å². The summed E-state index contributed by atoms with van der Waals surface area (Å²) in [5, 5.41) is 2.55. The monoisotopic (exact) mass is 305 g/mol. The first-order chi connectivity index (χ1) is 10.5. The van der Waals surface area contributed by atoms with Crippen LogP contribution in [0.2, 0.25) is 0 Å². The summed E-state index contributed by atoms with van der Waals surface area (Å²) in [4.78, 5) is 11.8. The molecule has 0 atom stereocenters. The molecule has 2 aromatic rings. The summed E-state index contributed by atoms with van der Waals surface area (Å²) in [6.45, 7) is 1.93. The number of ether oxygens (including phenoxy) is 1. The Bertz CT molecular complexity index is 686. The highest BCUT2D eigenvalue weighted by Crippen LogP contribution is 2.19. The van der Waals surface area contributed by atoms with Gasteiger partial charge in [0.05, 0.1) is 7.11 Å². The first-order valence-corrected chi connectivity index (χ1v) is 6.88. The van der Waals surface area contributed by atoms with Gasteiger partial charge in [0.1, 0.15) is 5.75 Å². The van der Waals surface area contributed by atoms with E-state index < -0.39 is 11.6 Å². The first kappa shape index (κ1) is 15.9. The molecule has 1 amide bonds. The fraction of sp³-hybridized carbons (Fsp3) is 0.235. The number of rotatable bonds is 5. The molecular formula is C17H17F2NO2. The predicted molar refractivity (Wildman–Crippen MR) is 81.0 cm³/mol. The van der Waals surface area contributed by atoms with Crippen molar-refractivity contribution in [3.63, 3.8) is 0 Å². The molecule has 0 aromatic heterocycles. The van der Waals surface area contributed by atoms with E-state index in [-0.39, 0.29) is 18.0 Å². The van der Waals surface area contributed by atoms with E-state index in [1.165, 1.54) is 6.07 Å². The van der Waals surface area contributed by atoms with Gasteiger partial charge in [-0.3, -0.25) is 4.79 Å². The Morgan fingerprint density at radius 1 is 1.14 bits per heavy atom. The molecule has 0 fully saturated rings. The van der Waals surface area contributed by atoms with Crippen molar-refractivity contribution in [2.75, 3.05) is 12.4 Å². The van der Waals surface area contributed by atoms with Gasteiger partial charge in [0.15, 0.2) is 11.6 Å². The molecule has 0 aliphatic rings. The Morgan fingerprint density at radius 2 is 1.91 bits per heavy atom. The van der Waals surface area contributed by atoms with E-state index in [0.29, 0.717) is 6.42 Å². The average Bonchev–Trinajstić information content (AvgIpc) is 2.49. The van der Waals surface area contributed by atoms with Crippen molar-refractivity contribution in [1.29, 1.82) is 0 Å². The minimum Gasteiger partial charge on any atom is -0.496 e. The first-order valence-electron chi connectivity index (χ1n) is 6.88. The highest BCUT2D eigenvalue weighted by molar-refractivity contribution is 5.90. The highest BCUT2D eigenvalue weighted by atomic mass is 19.2. The molecule has 0 bridgehead atoms. The molecule has 2 aromatic carbocycles. The summed E-state index contributed by atoms with van der Waals surface area (Å²) in [7, 11) is 1.61. The van der Waals surface area contributed by atoms with Gasteiger partial charge in [0, 0.05) is 18.2 Å². The maximum absolute atomic E-state index is 13.1.